The summed E-state index contributed by atoms with van der Waals surface area (Å²) in [5.41, 5.74) is 0. The molecule has 0 saturated carbocycles. The van der Waals surface area contributed by atoms with Gasteiger partial charge in [-0.05, 0) is 77.0 Å². The van der Waals surface area contributed by atoms with Gasteiger partial charge in [0.15, 0.2) is 0 Å². The number of allylic oxidation sites excluding steroid dienone is 16. The van der Waals surface area contributed by atoms with Gasteiger partial charge in [0.1, 0.15) is 13.2 Å². The Kier molecular flexibility index (Phi) is 58.1. The van der Waals surface area contributed by atoms with Gasteiger partial charge in [-0.25, -0.2) is 4.57 Å². The molecule has 0 aliphatic heterocycles. The number of nitrogens with one attached hydrogen (secondary N) is 1. The lowest BCUT2D eigenvalue weighted by atomic mass is 10.0. The van der Waals surface area contributed by atoms with E-state index in [4.69, 9.17) is 9.05 Å². The van der Waals surface area contributed by atoms with E-state index in [0.717, 1.165) is 83.5 Å². The largest absolute Gasteiger partial charge is 0.472 e. The normalized spacial score (nSPS) is 14.4. The molecule has 8 nitrogen and oxygen atoms in total. The smallest absolute Gasteiger partial charge is 0.391 e. The van der Waals surface area contributed by atoms with Crippen LogP contribution in [0.15, 0.2) is 97.2 Å². The lowest BCUT2D eigenvalue weighted by Crippen LogP contribution is -2.46. The summed E-state index contributed by atoms with van der Waals surface area (Å²) in [7, 11) is 1.58. The Labute approximate surface area is 489 Å². The summed E-state index contributed by atoms with van der Waals surface area (Å²) < 4.78 is 23.8. The molecule has 0 radical (unpaired) electrons. The number of carbonyl (C=O) groups is 1. The van der Waals surface area contributed by atoms with Crippen LogP contribution in [0, 0.1) is 0 Å². The van der Waals surface area contributed by atoms with E-state index in [1.165, 1.54) is 173 Å². The highest BCUT2D eigenvalue weighted by molar-refractivity contribution is 7.47. The standard InChI is InChI=1S/C70H127N2O6P/c1-6-8-10-12-14-16-18-20-22-24-26-28-30-32-34-35-36-38-39-41-43-45-47-49-51-53-55-57-59-61-63-69(73)68(67-78-79(75,76)77-66-65-72(3,4)5)71-70(74)64-62-60-58-56-54-52-50-48-46-44-42-40-37-33-31-29-27-25-23-21-19-17-15-13-11-9-7-2/h9,11,15,17,21,23,27,29,33,37,42,44,48,50,54,56,68-69,73H,6-8,10,12-14,16,18-20,22,24-26,28,30-32,34-36,38-41,43,45-47,49,51-53,55,57-67H2,1-5H3,(H-,71,74,75,76)/p+1/b11-9-,17-15-,23-21-,29-27-,37-33-,44-42-,50-48-,56-54-. The number of quaternary nitrogens is 1. The van der Waals surface area contributed by atoms with Gasteiger partial charge in [-0.15, -0.1) is 0 Å². The fourth-order valence-electron chi connectivity index (χ4n) is 9.48. The molecule has 9 heteroatoms. The lowest BCUT2D eigenvalue weighted by molar-refractivity contribution is -0.870. The molecule has 0 rings (SSSR count). The average Bonchev–Trinajstić information content (AvgIpc) is 3.42. The Morgan fingerprint density at radius 3 is 1.09 bits per heavy atom. The zero-order valence-electron chi connectivity index (χ0n) is 52.3. The summed E-state index contributed by atoms with van der Waals surface area (Å²) in [6, 6.07) is -0.793. The van der Waals surface area contributed by atoms with Gasteiger partial charge in [-0.2, -0.15) is 0 Å². The number of nitrogens with zero attached hydrogens (tertiary/aromatic N) is 1. The van der Waals surface area contributed by atoms with Gasteiger partial charge in [0.2, 0.25) is 5.91 Å². The molecule has 79 heavy (non-hydrogen) atoms. The molecule has 458 valence electrons. The molecular formula is C70H128N2O6P+. The summed E-state index contributed by atoms with van der Waals surface area (Å²) in [6.45, 7) is 4.76. The summed E-state index contributed by atoms with van der Waals surface area (Å²) in [6.07, 6.45) is 86.4. The number of hydrogen-bond acceptors (Lipinski definition) is 5. The number of unbranched alkanes of at least 4 members (excludes halogenated alkanes) is 31. The van der Waals surface area contributed by atoms with Gasteiger partial charge in [0, 0.05) is 6.42 Å². The minimum atomic E-state index is -4.35. The van der Waals surface area contributed by atoms with E-state index in [1.54, 1.807) is 0 Å². The minimum absolute atomic E-state index is 0.0611. The van der Waals surface area contributed by atoms with Crippen LogP contribution in [0.5, 0.6) is 0 Å². The maximum absolute atomic E-state index is 13.0. The number of aliphatic hydroxyl groups excluding tert-OH is 1. The van der Waals surface area contributed by atoms with E-state index < -0.39 is 20.0 Å². The van der Waals surface area contributed by atoms with Crippen molar-refractivity contribution in [2.75, 3.05) is 40.9 Å². The highest BCUT2D eigenvalue weighted by atomic mass is 31.2. The van der Waals surface area contributed by atoms with Crippen molar-refractivity contribution in [3.8, 4) is 0 Å². The summed E-state index contributed by atoms with van der Waals surface area (Å²) >= 11 is 0. The molecule has 3 N–H and O–H groups in total. The Bertz CT molecular complexity index is 1610. The monoisotopic (exact) mass is 1120 g/mol. The molecule has 0 fully saturated rings. The molecule has 0 aliphatic rings. The zero-order valence-corrected chi connectivity index (χ0v) is 53.2. The van der Waals surface area contributed by atoms with E-state index in [0.29, 0.717) is 30.3 Å². The van der Waals surface area contributed by atoms with E-state index in [2.05, 4.69) is 116 Å². The van der Waals surface area contributed by atoms with Crippen LogP contribution < -0.4 is 5.32 Å². The van der Waals surface area contributed by atoms with Gasteiger partial charge < -0.3 is 19.8 Å². The molecule has 0 aliphatic carbocycles. The molecule has 0 heterocycles. The minimum Gasteiger partial charge on any atom is -0.391 e. The van der Waals surface area contributed by atoms with Crippen molar-refractivity contribution in [1.29, 1.82) is 0 Å². The Hall–Kier alpha value is -2.58. The number of likely N-dealkylation sites (N-methyl/N-ethyl adjacent to an activating group) is 1. The average molecular weight is 1120 g/mol. The molecule has 3 unspecified atom stereocenters. The second-order valence-corrected chi connectivity index (χ2v) is 24.9. The highest BCUT2D eigenvalue weighted by Crippen LogP contribution is 2.43. The summed E-state index contributed by atoms with van der Waals surface area (Å²) in [4.78, 5) is 23.4. The molecule has 0 aromatic carbocycles. The number of rotatable bonds is 60. The lowest BCUT2D eigenvalue weighted by Gasteiger charge is -2.26. The number of phosphoric ester groups is 1. The predicted octanol–water partition coefficient (Wildman–Crippen LogP) is 20.9. The van der Waals surface area contributed by atoms with Crippen LogP contribution in [0.3, 0.4) is 0 Å². The Morgan fingerprint density at radius 1 is 0.443 bits per heavy atom. The van der Waals surface area contributed by atoms with Crippen molar-refractivity contribution >= 4 is 13.7 Å². The Balaban J connectivity index is 4.18. The van der Waals surface area contributed by atoms with Crippen molar-refractivity contribution in [2.45, 2.75) is 302 Å². The van der Waals surface area contributed by atoms with Crippen LogP contribution in [0.4, 0.5) is 0 Å². The molecule has 0 aromatic heterocycles. The third-order valence-corrected chi connectivity index (χ3v) is 15.6. The van der Waals surface area contributed by atoms with Crippen LogP contribution in [0.25, 0.3) is 0 Å². The van der Waals surface area contributed by atoms with Crippen LogP contribution in [0.2, 0.25) is 0 Å². The highest BCUT2D eigenvalue weighted by Gasteiger charge is 2.28. The first kappa shape index (κ1) is 76.4. The van der Waals surface area contributed by atoms with Crippen molar-refractivity contribution in [3.05, 3.63) is 97.2 Å². The van der Waals surface area contributed by atoms with Gasteiger partial charge in [-0.1, -0.05) is 304 Å². The number of aliphatic hydroxyl groups is 1. The van der Waals surface area contributed by atoms with E-state index in [1.807, 2.05) is 21.1 Å². The molecule has 3 atom stereocenters. The SMILES string of the molecule is CC/C=C\C/C=C\C/C=C\C/C=C\C/C=C\C/C=C\C/C=C\C/C=C\CCCCC(=O)NC(COP(=O)(O)OCC[N+](C)(C)C)C(O)CCCCCCCCCCCCCCCCCCCCCCCCCCCCCCCC. The first-order chi connectivity index (χ1) is 38.5. The van der Waals surface area contributed by atoms with Crippen LogP contribution in [-0.2, 0) is 18.4 Å². The molecule has 0 bridgehead atoms. The third-order valence-electron chi connectivity index (χ3n) is 14.6. The quantitative estimate of drug-likeness (QED) is 0.0243. The van der Waals surface area contributed by atoms with Crippen molar-refractivity contribution in [3.63, 3.8) is 0 Å². The first-order valence-electron chi connectivity index (χ1n) is 33.1. The van der Waals surface area contributed by atoms with Gasteiger partial charge in [0.25, 0.3) is 0 Å². The van der Waals surface area contributed by atoms with Crippen molar-refractivity contribution < 1.29 is 32.9 Å². The van der Waals surface area contributed by atoms with Crippen LogP contribution >= 0.6 is 7.82 Å². The maximum atomic E-state index is 13.0. The predicted molar refractivity (Wildman–Crippen MR) is 346 cm³/mol. The topological polar surface area (TPSA) is 105 Å². The van der Waals surface area contributed by atoms with Crippen LogP contribution in [0.1, 0.15) is 290 Å². The zero-order chi connectivity index (χ0) is 57.7. The van der Waals surface area contributed by atoms with E-state index in [9.17, 15) is 19.4 Å². The second kappa shape index (κ2) is 60.0. The molecule has 1 amide bonds. The van der Waals surface area contributed by atoms with E-state index >= 15 is 0 Å². The van der Waals surface area contributed by atoms with Crippen molar-refractivity contribution in [2.24, 2.45) is 0 Å². The fourth-order valence-corrected chi connectivity index (χ4v) is 10.2. The molecule has 0 aromatic rings. The van der Waals surface area contributed by atoms with Gasteiger partial charge in [0.05, 0.1) is 39.9 Å². The fraction of sp³-hybridized carbons (Fsp3) is 0.757. The van der Waals surface area contributed by atoms with Gasteiger partial charge in [-0.3, -0.25) is 13.8 Å². The van der Waals surface area contributed by atoms with Crippen LogP contribution in [-0.4, -0.2) is 73.4 Å². The van der Waals surface area contributed by atoms with E-state index in [-0.39, 0.29) is 19.1 Å². The Morgan fingerprint density at radius 2 is 0.759 bits per heavy atom. The van der Waals surface area contributed by atoms with Gasteiger partial charge >= 0.3 is 7.82 Å². The van der Waals surface area contributed by atoms with Crippen molar-refractivity contribution in [1.82, 2.24) is 5.32 Å². The number of hydrogen-bond donors (Lipinski definition) is 3. The summed E-state index contributed by atoms with van der Waals surface area (Å²) in [5, 5.41) is 14.1. The molecular weight excluding hydrogens is 996 g/mol. The number of phosphoric acid groups is 1. The number of carbonyl (C=O) groups excluding carboxylic acids is 1. The molecule has 0 spiro atoms. The first-order valence-corrected chi connectivity index (χ1v) is 34.6. The second-order valence-electron chi connectivity index (χ2n) is 23.5. The number of amides is 1. The maximum Gasteiger partial charge on any atom is 0.472 e. The third kappa shape index (κ3) is 62.9. The molecule has 0 saturated heterocycles. The summed E-state index contributed by atoms with van der Waals surface area (Å²) in [5.74, 6) is -0.187.